The van der Waals surface area contributed by atoms with Crippen LogP contribution in [0.2, 0.25) is 0 Å². The SMILES string of the molecule is CC(C)(Sc1nc(CCOc2ccc(-c3ccc(F)cc3)cc2C(=O)N2CCOCC2)cs1)C(=O)O. The molecule has 0 unspecified atom stereocenters. The highest BCUT2D eigenvalue weighted by atomic mass is 32.2. The van der Waals surface area contributed by atoms with Crippen molar-refractivity contribution in [3.63, 3.8) is 0 Å². The fraction of sp³-hybridized carbons (Fsp3) is 0.346. The van der Waals surface area contributed by atoms with Crippen molar-refractivity contribution in [1.82, 2.24) is 9.88 Å². The van der Waals surface area contributed by atoms with E-state index in [1.54, 1.807) is 43.0 Å². The Morgan fingerprint density at radius 3 is 2.56 bits per heavy atom. The normalized spacial score (nSPS) is 14.0. The van der Waals surface area contributed by atoms with Crippen molar-refractivity contribution < 1.29 is 28.6 Å². The molecule has 1 saturated heterocycles. The monoisotopic (exact) mass is 530 g/mol. The van der Waals surface area contributed by atoms with E-state index in [1.807, 2.05) is 11.4 Å². The highest BCUT2D eigenvalue weighted by Gasteiger charge is 2.30. The summed E-state index contributed by atoms with van der Waals surface area (Å²) in [5.74, 6) is -0.887. The number of carbonyl (C=O) groups excluding carboxylic acids is 1. The Kier molecular flexibility index (Phi) is 8.28. The largest absolute Gasteiger partial charge is 0.492 e. The predicted molar refractivity (Wildman–Crippen MR) is 137 cm³/mol. The summed E-state index contributed by atoms with van der Waals surface area (Å²) >= 11 is 2.61. The summed E-state index contributed by atoms with van der Waals surface area (Å²) in [6.07, 6.45) is 0.509. The van der Waals surface area contributed by atoms with Gasteiger partial charge in [0.1, 0.15) is 16.3 Å². The maximum absolute atomic E-state index is 13.4. The van der Waals surface area contributed by atoms with Gasteiger partial charge in [-0.25, -0.2) is 9.37 Å². The van der Waals surface area contributed by atoms with Crippen molar-refractivity contribution in [3.8, 4) is 16.9 Å². The number of carboxylic acid groups (broad SMARTS) is 1. The van der Waals surface area contributed by atoms with E-state index in [1.165, 1.54) is 35.2 Å². The maximum Gasteiger partial charge on any atom is 0.319 e. The molecule has 1 aliphatic heterocycles. The van der Waals surface area contributed by atoms with Gasteiger partial charge >= 0.3 is 5.97 Å². The van der Waals surface area contributed by atoms with Gasteiger partial charge in [-0.1, -0.05) is 30.0 Å². The Bertz CT molecular complexity index is 1220. The zero-order valence-corrected chi connectivity index (χ0v) is 21.7. The summed E-state index contributed by atoms with van der Waals surface area (Å²) in [5, 5.41) is 11.2. The molecular formula is C26H27FN2O5S2. The quantitative estimate of drug-likeness (QED) is 0.390. The molecule has 3 aromatic rings. The lowest BCUT2D eigenvalue weighted by molar-refractivity contribution is -0.138. The minimum atomic E-state index is -0.966. The number of amides is 1. The average molecular weight is 531 g/mol. The van der Waals surface area contributed by atoms with E-state index in [9.17, 15) is 19.1 Å². The van der Waals surface area contributed by atoms with E-state index < -0.39 is 10.7 Å². The number of aromatic nitrogens is 1. The molecule has 10 heteroatoms. The number of ether oxygens (including phenoxy) is 2. The Morgan fingerprint density at radius 2 is 1.86 bits per heavy atom. The topological polar surface area (TPSA) is 89.0 Å². The van der Waals surface area contributed by atoms with Gasteiger partial charge in [0, 0.05) is 24.9 Å². The molecular weight excluding hydrogens is 503 g/mol. The van der Waals surface area contributed by atoms with E-state index >= 15 is 0 Å². The molecule has 1 fully saturated rings. The third-order valence-corrected chi connectivity index (χ3v) is 7.86. The lowest BCUT2D eigenvalue weighted by Crippen LogP contribution is -2.40. The molecule has 0 saturated carbocycles. The number of hydrogen-bond acceptors (Lipinski definition) is 7. The Morgan fingerprint density at radius 1 is 1.17 bits per heavy atom. The average Bonchev–Trinajstić information content (AvgIpc) is 3.31. The van der Waals surface area contributed by atoms with Gasteiger partial charge in [-0.3, -0.25) is 9.59 Å². The Balaban J connectivity index is 1.49. The van der Waals surface area contributed by atoms with Gasteiger partial charge in [-0.15, -0.1) is 11.3 Å². The van der Waals surface area contributed by atoms with Crippen LogP contribution < -0.4 is 4.74 Å². The van der Waals surface area contributed by atoms with Crippen molar-refractivity contribution >= 4 is 35.0 Å². The molecule has 0 bridgehead atoms. The number of benzene rings is 2. The molecule has 7 nitrogen and oxygen atoms in total. The Labute approximate surface area is 217 Å². The minimum absolute atomic E-state index is 0.138. The van der Waals surface area contributed by atoms with Crippen molar-refractivity contribution in [2.75, 3.05) is 32.9 Å². The molecule has 0 radical (unpaired) electrons. The maximum atomic E-state index is 13.4. The molecule has 1 aromatic heterocycles. The van der Waals surface area contributed by atoms with Crippen LogP contribution in [0.1, 0.15) is 29.9 Å². The highest BCUT2D eigenvalue weighted by Crippen LogP contribution is 2.35. The molecule has 2 heterocycles. The van der Waals surface area contributed by atoms with Crippen molar-refractivity contribution in [1.29, 1.82) is 0 Å². The summed E-state index contributed by atoms with van der Waals surface area (Å²) in [7, 11) is 0. The summed E-state index contributed by atoms with van der Waals surface area (Å²) < 4.78 is 24.5. The summed E-state index contributed by atoms with van der Waals surface area (Å²) in [4.78, 5) is 31.0. The van der Waals surface area contributed by atoms with Crippen molar-refractivity contribution in [3.05, 3.63) is 64.9 Å². The summed E-state index contributed by atoms with van der Waals surface area (Å²) in [6, 6.07) is 11.5. The number of thiazole rings is 1. The zero-order chi connectivity index (χ0) is 25.7. The predicted octanol–water partition coefficient (Wildman–Crippen LogP) is 5.00. The third-order valence-electron chi connectivity index (χ3n) is 5.69. The van der Waals surface area contributed by atoms with E-state index in [0.29, 0.717) is 55.0 Å². The molecule has 0 atom stereocenters. The molecule has 1 N–H and O–H groups in total. The van der Waals surface area contributed by atoms with Crippen LogP contribution in [0, 0.1) is 5.82 Å². The van der Waals surface area contributed by atoms with Crippen LogP contribution in [0.5, 0.6) is 5.75 Å². The van der Waals surface area contributed by atoms with Crippen LogP contribution in [-0.2, 0) is 16.0 Å². The lowest BCUT2D eigenvalue weighted by Gasteiger charge is -2.27. The van der Waals surface area contributed by atoms with E-state index in [4.69, 9.17) is 9.47 Å². The number of hydrogen-bond donors (Lipinski definition) is 1. The van der Waals surface area contributed by atoms with E-state index in [-0.39, 0.29) is 11.7 Å². The molecule has 4 rings (SSSR count). The first kappa shape index (κ1) is 26.1. The van der Waals surface area contributed by atoms with Gasteiger partial charge in [0.25, 0.3) is 5.91 Å². The minimum Gasteiger partial charge on any atom is -0.492 e. The molecule has 1 amide bonds. The number of nitrogens with zero attached hydrogens (tertiary/aromatic N) is 2. The number of carboxylic acids is 1. The van der Waals surface area contributed by atoms with Crippen LogP contribution in [0.3, 0.4) is 0 Å². The van der Waals surface area contributed by atoms with E-state index in [2.05, 4.69) is 4.98 Å². The fourth-order valence-corrected chi connectivity index (χ4v) is 5.79. The second-order valence-corrected chi connectivity index (χ2v) is 11.5. The van der Waals surface area contributed by atoms with Crippen LogP contribution in [0.25, 0.3) is 11.1 Å². The number of carbonyl (C=O) groups is 2. The Hall–Kier alpha value is -2.95. The number of halogens is 1. The van der Waals surface area contributed by atoms with Crippen LogP contribution >= 0.6 is 23.1 Å². The molecule has 1 aliphatic rings. The number of morpholine rings is 1. The van der Waals surface area contributed by atoms with Crippen LogP contribution in [0.4, 0.5) is 4.39 Å². The number of thioether (sulfide) groups is 1. The number of aliphatic carboxylic acids is 1. The second kappa shape index (κ2) is 11.4. The molecule has 190 valence electrons. The molecule has 2 aromatic carbocycles. The van der Waals surface area contributed by atoms with Gasteiger partial charge in [0.05, 0.1) is 31.1 Å². The van der Waals surface area contributed by atoms with Gasteiger partial charge in [-0.2, -0.15) is 0 Å². The van der Waals surface area contributed by atoms with Crippen molar-refractivity contribution in [2.24, 2.45) is 0 Å². The van der Waals surface area contributed by atoms with Crippen LogP contribution in [-0.4, -0.2) is 64.5 Å². The highest BCUT2D eigenvalue weighted by molar-refractivity contribution is 8.03. The molecule has 0 spiro atoms. The summed E-state index contributed by atoms with van der Waals surface area (Å²) in [6.45, 7) is 5.58. The van der Waals surface area contributed by atoms with Gasteiger partial charge in [0.15, 0.2) is 4.34 Å². The van der Waals surface area contributed by atoms with Gasteiger partial charge in [-0.05, 0) is 49.2 Å². The molecule has 0 aliphatic carbocycles. The number of rotatable bonds is 9. The fourth-order valence-electron chi connectivity index (χ4n) is 3.56. The van der Waals surface area contributed by atoms with Gasteiger partial charge < -0.3 is 19.5 Å². The first-order valence-corrected chi connectivity index (χ1v) is 13.2. The standard InChI is InChI=1S/C26H27FN2O5S2/c1-26(2,24(31)32)36-25-28-20(16-35-25)9-12-34-22-8-5-18(17-3-6-19(27)7-4-17)15-21(22)23(30)29-10-13-33-14-11-29/h3-8,15-16H,9-14H2,1-2H3,(H,31,32). The second-order valence-electron chi connectivity index (χ2n) is 8.74. The third kappa shape index (κ3) is 6.43. The summed E-state index contributed by atoms with van der Waals surface area (Å²) in [5.41, 5.74) is 2.83. The first-order chi connectivity index (χ1) is 17.2. The lowest BCUT2D eigenvalue weighted by atomic mass is 10.0. The first-order valence-electron chi connectivity index (χ1n) is 11.5. The zero-order valence-electron chi connectivity index (χ0n) is 20.0. The van der Waals surface area contributed by atoms with Crippen LogP contribution in [0.15, 0.2) is 52.2 Å². The van der Waals surface area contributed by atoms with Crippen molar-refractivity contribution in [2.45, 2.75) is 29.4 Å². The van der Waals surface area contributed by atoms with Gasteiger partial charge in [0.2, 0.25) is 0 Å². The molecule has 36 heavy (non-hydrogen) atoms. The smallest absolute Gasteiger partial charge is 0.319 e. The van der Waals surface area contributed by atoms with E-state index in [0.717, 1.165) is 16.8 Å².